The number of carbonyl (C=O) groups excluding carboxylic acids is 2. The quantitative estimate of drug-likeness (QED) is 0.639. The van der Waals surface area contributed by atoms with Gasteiger partial charge in [0.2, 0.25) is 11.8 Å². The summed E-state index contributed by atoms with van der Waals surface area (Å²) in [6, 6.07) is 15.3. The summed E-state index contributed by atoms with van der Waals surface area (Å²) in [7, 11) is 3.19. The van der Waals surface area contributed by atoms with Crippen molar-refractivity contribution in [2.45, 2.75) is 32.2 Å². The third-order valence-corrected chi connectivity index (χ3v) is 5.41. The van der Waals surface area contributed by atoms with E-state index in [1.54, 1.807) is 14.2 Å². The standard InChI is InChI=1S/C23H28N2O4/c1-16(18-7-5-4-6-8-18)25-22(27)23(12-13-23)21(26)24-14-11-17-9-10-19(28-2)20(15-17)29-3/h4-10,15-16H,11-14H2,1-3H3,(H,24,26)(H,25,27). The Morgan fingerprint density at radius 1 is 1.00 bits per heavy atom. The molecule has 6 heteroatoms. The lowest BCUT2D eigenvalue weighted by Gasteiger charge is -2.20. The molecule has 0 saturated heterocycles. The summed E-state index contributed by atoms with van der Waals surface area (Å²) >= 11 is 0. The van der Waals surface area contributed by atoms with Gasteiger partial charge >= 0.3 is 0 Å². The zero-order valence-corrected chi connectivity index (χ0v) is 17.2. The van der Waals surface area contributed by atoms with Crippen LogP contribution < -0.4 is 20.1 Å². The molecule has 3 rings (SSSR count). The maximum atomic E-state index is 12.7. The highest BCUT2D eigenvalue weighted by atomic mass is 16.5. The minimum atomic E-state index is -0.930. The molecule has 1 atom stereocenters. The molecule has 1 fully saturated rings. The van der Waals surface area contributed by atoms with Crippen molar-refractivity contribution in [2.75, 3.05) is 20.8 Å². The summed E-state index contributed by atoms with van der Waals surface area (Å²) in [5, 5.41) is 5.91. The van der Waals surface area contributed by atoms with E-state index >= 15 is 0 Å². The van der Waals surface area contributed by atoms with E-state index in [1.807, 2.05) is 55.5 Å². The fourth-order valence-corrected chi connectivity index (χ4v) is 3.37. The molecule has 1 saturated carbocycles. The number of ether oxygens (including phenoxy) is 2. The number of carbonyl (C=O) groups is 2. The minimum Gasteiger partial charge on any atom is -0.493 e. The van der Waals surface area contributed by atoms with Crippen LogP contribution in [-0.2, 0) is 16.0 Å². The summed E-state index contributed by atoms with van der Waals surface area (Å²) in [6.45, 7) is 2.38. The third-order valence-electron chi connectivity index (χ3n) is 5.41. The Labute approximate surface area is 171 Å². The maximum absolute atomic E-state index is 12.7. The molecule has 0 aromatic heterocycles. The van der Waals surface area contributed by atoms with E-state index in [2.05, 4.69) is 10.6 Å². The van der Waals surface area contributed by atoms with Crippen LogP contribution in [0.2, 0.25) is 0 Å². The van der Waals surface area contributed by atoms with Gasteiger partial charge < -0.3 is 20.1 Å². The van der Waals surface area contributed by atoms with Gasteiger partial charge in [0, 0.05) is 6.54 Å². The zero-order chi connectivity index (χ0) is 20.9. The van der Waals surface area contributed by atoms with E-state index in [1.165, 1.54) is 0 Å². The van der Waals surface area contributed by atoms with E-state index in [9.17, 15) is 9.59 Å². The van der Waals surface area contributed by atoms with Crippen LogP contribution in [0.5, 0.6) is 11.5 Å². The van der Waals surface area contributed by atoms with Gasteiger partial charge in [-0.3, -0.25) is 9.59 Å². The molecule has 2 aromatic carbocycles. The average Bonchev–Trinajstić information content (AvgIpc) is 3.56. The SMILES string of the molecule is COc1ccc(CCNC(=O)C2(C(=O)NC(C)c3ccccc3)CC2)cc1OC. The van der Waals surface area contributed by atoms with Gasteiger partial charge in [0.05, 0.1) is 20.3 Å². The molecule has 1 aliphatic carbocycles. The second-order valence-corrected chi connectivity index (χ2v) is 7.38. The highest BCUT2D eigenvalue weighted by molar-refractivity contribution is 6.08. The Morgan fingerprint density at radius 3 is 2.31 bits per heavy atom. The topological polar surface area (TPSA) is 76.7 Å². The van der Waals surface area contributed by atoms with E-state index < -0.39 is 5.41 Å². The van der Waals surface area contributed by atoms with Crippen LogP contribution in [0.25, 0.3) is 0 Å². The van der Waals surface area contributed by atoms with Crippen LogP contribution in [0.3, 0.4) is 0 Å². The number of nitrogens with one attached hydrogen (secondary N) is 2. The minimum absolute atomic E-state index is 0.138. The van der Waals surface area contributed by atoms with Crippen molar-refractivity contribution in [3.05, 3.63) is 59.7 Å². The Balaban J connectivity index is 1.53. The number of amides is 2. The van der Waals surface area contributed by atoms with E-state index in [0.717, 1.165) is 11.1 Å². The van der Waals surface area contributed by atoms with Gasteiger partial charge in [-0.1, -0.05) is 36.4 Å². The second kappa shape index (κ2) is 8.99. The van der Waals surface area contributed by atoms with Crippen molar-refractivity contribution in [2.24, 2.45) is 5.41 Å². The Hall–Kier alpha value is -3.02. The first-order chi connectivity index (χ1) is 14.0. The normalized spacial score (nSPS) is 15.1. The van der Waals surface area contributed by atoms with Crippen LogP contribution in [0.4, 0.5) is 0 Å². The second-order valence-electron chi connectivity index (χ2n) is 7.38. The van der Waals surface area contributed by atoms with Crippen molar-refractivity contribution < 1.29 is 19.1 Å². The largest absolute Gasteiger partial charge is 0.493 e. The third kappa shape index (κ3) is 4.70. The van der Waals surface area contributed by atoms with E-state index in [4.69, 9.17) is 9.47 Å². The van der Waals surface area contributed by atoms with Crippen molar-refractivity contribution in [3.8, 4) is 11.5 Å². The molecule has 0 radical (unpaired) electrons. The molecule has 29 heavy (non-hydrogen) atoms. The van der Waals surface area contributed by atoms with Gasteiger partial charge in [0.15, 0.2) is 11.5 Å². The van der Waals surface area contributed by atoms with Crippen LogP contribution in [0.15, 0.2) is 48.5 Å². The zero-order valence-electron chi connectivity index (χ0n) is 17.2. The molecule has 0 bridgehead atoms. The lowest BCUT2D eigenvalue weighted by Crippen LogP contribution is -2.44. The highest BCUT2D eigenvalue weighted by Gasteiger charge is 2.56. The van der Waals surface area contributed by atoms with Gasteiger partial charge in [-0.2, -0.15) is 0 Å². The van der Waals surface area contributed by atoms with Crippen molar-refractivity contribution in [3.63, 3.8) is 0 Å². The first-order valence-corrected chi connectivity index (χ1v) is 9.85. The summed E-state index contributed by atoms with van der Waals surface area (Å²) in [5.41, 5.74) is 1.11. The molecular weight excluding hydrogens is 368 g/mol. The van der Waals surface area contributed by atoms with Crippen LogP contribution in [0, 0.1) is 5.41 Å². The Kier molecular flexibility index (Phi) is 6.42. The molecule has 0 aliphatic heterocycles. The number of rotatable bonds is 9. The lowest BCUT2D eigenvalue weighted by atomic mass is 10.0. The number of methoxy groups -OCH3 is 2. The molecule has 2 N–H and O–H groups in total. The molecule has 2 amide bonds. The predicted octanol–water partition coefficient (Wildman–Crippen LogP) is 3.02. The van der Waals surface area contributed by atoms with Gasteiger partial charge in [-0.05, 0) is 49.4 Å². The number of hydrogen-bond acceptors (Lipinski definition) is 4. The smallest absolute Gasteiger partial charge is 0.236 e. The maximum Gasteiger partial charge on any atom is 0.236 e. The summed E-state index contributed by atoms with van der Waals surface area (Å²) in [6.07, 6.45) is 1.81. The van der Waals surface area contributed by atoms with Crippen LogP contribution >= 0.6 is 0 Å². The number of benzene rings is 2. The van der Waals surface area contributed by atoms with Gasteiger partial charge in [0.1, 0.15) is 5.41 Å². The van der Waals surface area contributed by atoms with Crippen molar-refractivity contribution in [1.29, 1.82) is 0 Å². The summed E-state index contributed by atoms with van der Waals surface area (Å²) in [5.74, 6) is 0.930. The molecule has 6 nitrogen and oxygen atoms in total. The Morgan fingerprint density at radius 2 is 1.69 bits per heavy atom. The molecule has 0 heterocycles. The van der Waals surface area contributed by atoms with Gasteiger partial charge in [-0.25, -0.2) is 0 Å². The van der Waals surface area contributed by atoms with Gasteiger partial charge in [-0.15, -0.1) is 0 Å². The Bertz CT molecular complexity index is 862. The molecule has 2 aromatic rings. The van der Waals surface area contributed by atoms with Crippen LogP contribution in [-0.4, -0.2) is 32.6 Å². The molecule has 1 unspecified atom stereocenters. The lowest BCUT2D eigenvalue weighted by molar-refractivity contribution is -0.137. The molecule has 154 valence electrons. The van der Waals surface area contributed by atoms with Crippen molar-refractivity contribution >= 4 is 11.8 Å². The molecule has 0 spiro atoms. The first kappa shape index (κ1) is 20.7. The fraction of sp³-hybridized carbons (Fsp3) is 0.391. The highest BCUT2D eigenvalue weighted by Crippen LogP contribution is 2.46. The van der Waals surface area contributed by atoms with E-state index in [-0.39, 0.29) is 17.9 Å². The summed E-state index contributed by atoms with van der Waals surface area (Å²) < 4.78 is 10.5. The fourth-order valence-electron chi connectivity index (χ4n) is 3.37. The monoisotopic (exact) mass is 396 g/mol. The first-order valence-electron chi connectivity index (χ1n) is 9.85. The molecular formula is C23H28N2O4. The van der Waals surface area contributed by atoms with Crippen LogP contribution in [0.1, 0.15) is 36.9 Å². The van der Waals surface area contributed by atoms with Gasteiger partial charge in [0.25, 0.3) is 0 Å². The summed E-state index contributed by atoms with van der Waals surface area (Å²) in [4.78, 5) is 25.4. The predicted molar refractivity (Wildman–Crippen MR) is 111 cm³/mol. The number of hydrogen-bond donors (Lipinski definition) is 2. The van der Waals surface area contributed by atoms with E-state index in [0.29, 0.717) is 37.3 Å². The average molecular weight is 396 g/mol. The molecule has 1 aliphatic rings. The van der Waals surface area contributed by atoms with Crippen molar-refractivity contribution in [1.82, 2.24) is 10.6 Å².